The van der Waals surface area contributed by atoms with E-state index in [9.17, 15) is 4.79 Å². The molecule has 0 saturated carbocycles. The SMILES string of the molecule is CN(C)C(=O)CN=C(NCCc1ccccc1)NCCc1ccccc1. The fourth-order valence-corrected chi connectivity index (χ4v) is 2.40. The minimum Gasteiger partial charge on any atom is -0.356 e. The van der Waals surface area contributed by atoms with Crippen LogP contribution >= 0.6 is 0 Å². The summed E-state index contributed by atoms with van der Waals surface area (Å²) < 4.78 is 0. The fraction of sp³-hybridized carbons (Fsp3) is 0.333. The Balaban J connectivity index is 1.85. The molecule has 0 aliphatic heterocycles. The van der Waals surface area contributed by atoms with Crippen LogP contribution in [-0.2, 0) is 17.6 Å². The normalized spacial score (nSPS) is 10.1. The monoisotopic (exact) mass is 352 g/mol. The van der Waals surface area contributed by atoms with E-state index in [2.05, 4.69) is 39.9 Å². The van der Waals surface area contributed by atoms with E-state index in [1.165, 1.54) is 11.1 Å². The number of nitrogens with zero attached hydrogens (tertiary/aromatic N) is 2. The Labute approximate surface area is 156 Å². The summed E-state index contributed by atoms with van der Waals surface area (Å²) in [5.74, 6) is 0.657. The molecule has 0 saturated heterocycles. The number of guanidine groups is 1. The molecular weight excluding hydrogens is 324 g/mol. The smallest absolute Gasteiger partial charge is 0.243 e. The summed E-state index contributed by atoms with van der Waals surface area (Å²) in [6.07, 6.45) is 1.81. The molecular formula is C21H28N4O. The van der Waals surface area contributed by atoms with Crippen molar-refractivity contribution in [1.82, 2.24) is 15.5 Å². The molecule has 2 rings (SSSR count). The van der Waals surface area contributed by atoms with E-state index < -0.39 is 0 Å². The number of hydrogen-bond acceptors (Lipinski definition) is 2. The fourth-order valence-electron chi connectivity index (χ4n) is 2.40. The molecule has 0 bridgehead atoms. The number of hydrogen-bond donors (Lipinski definition) is 2. The van der Waals surface area contributed by atoms with Crippen LogP contribution in [0.15, 0.2) is 65.7 Å². The second-order valence-corrected chi connectivity index (χ2v) is 6.28. The summed E-state index contributed by atoms with van der Waals surface area (Å²) in [7, 11) is 3.48. The van der Waals surface area contributed by atoms with E-state index in [0.29, 0.717) is 5.96 Å². The molecule has 1 amide bonds. The molecule has 0 radical (unpaired) electrons. The number of carbonyl (C=O) groups is 1. The standard InChI is InChI=1S/C21H28N4O/c1-25(2)20(26)17-24-21(22-15-13-18-9-5-3-6-10-18)23-16-14-19-11-7-4-8-12-19/h3-12H,13-17H2,1-2H3,(H2,22,23,24). The second-order valence-electron chi connectivity index (χ2n) is 6.28. The Morgan fingerprint density at radius 2 is 1.31 bits per heavy atom. The van der Waals surface area contributed by atoms with Crippen molar-refractivity contribution < 1.29 is 4.79 Å². The maximum absolute atomic E-state index is 11.8. The quantitative estimate of drug-likeness (QED) is 0.565. The molecule has 0 unspecified atom stereocenters. The van der Waals surface area contributed by atoms with Crippen molar-refractivity contribution in [2.24, 2.45) is 4.99 Å². The minimum absolute atomic E-state index is 0.0165. The number of carbonyl (C=O) groups excluding carboxylic acids is 1. The molecule has 0 spiro atoms. The van der Waals surface area contributed by atoms with Gasteiger partial charge >= 0.3 is 0 Å². The van der Waals surface area contributed by atoms with Crippen LogP contribution in [0.1, 0.15) is 11.1 Å². The van der Waals surface area contributed by atoms with Crippen molar-refractivity contribution in [3.8, 4) is 0 Å². The first-order chi connectivity index (χ1) is 12.6. The molecule has 0 heterocycles. The summed E-state index contributed by atoms with van der Waals surface area (Å²) >= 11 is 0. The maximum atomic E-state index is 11.8. The highest BCUT2D eigenvalue weighted by molar-refractivity contribution is 5.84. The molecule has 5 heteroatoms. The molecule has 26 heavy (non-hydrogen) atoms. The molecule has 138 valence electrons. The van der Waals surface area contributed by atoms with Crippen molar-refractivity contribution >= 4 is 11.9 Å². The van der Waals surface area contributed by atoms with Gasteiger partial charge in [0.25, 0.3) is 0 Å². The third-order valence-electron chi connectivity index (χ3n) is 3.97. The van der Waals surface area contributed by atoms with Gasteiger partial charge in [0.2, 0.25) is 5.91 Å². The van der Waals surface area contributed by atoms with Gasteiger partial charge in [-0.15, -0.1) is 0 Å². The van der Waals surface area contributed by atoms with Crippen molar-refractivity contribution in [2.45, 2.75) is 12.8 Å². The van der Waals surface area contributed by atoms with Gasteiger partial charge in [0.1, 0.15) is 6.54 Å². The van der Waals surface area contributed by atoms with Gasteiger partial charge in [0.15, 0.2) is 5.96 Å². The number of nitrogens with one attached hydrogen (secondary N) is 2. The Hall–Kier alpha value is -2.82. The van der Waals surface area contributed by atoms with E-state index in [1.807, 2.05) is 36.4 Å². The summed E-state index contributed by atoms with van der Waals surface area (Å²) in [6.45, 7) is 1.66. The van der Waals surface area contributed by atoms with Crippen molar-refractivity contribution in [2.75, 3.05) is 33.7 Å². The third-order valence-corrected chi connectivity index (χ3v) is 3.97. The molecule has 5 nitrogen and oxygen atoms in total. The summed E-state index contributed by atoms with van der Waals surface area (Å²) in [5, 5.41) is 6.63. The van der Waals surface area contributed by atoms with Crippen LogP contribution in [0.5, 0.6) is 0 Å². The Kier molecular flexibility index (Phi) is 8.19. The van der Waals surface area contributed by atoms with Gasteiger partial charge in [-0.05, 0) is 24.0 Å². The Morgan fingerprint density at radius 1 is 0.846 bits per heavy atom. The topological polar surface area (TPSA) is 56.7 Å². The van der Waals surface area contributed by atoms with E-state index in [1.54, 1.807) is 19.0 Å². The number of rotatable bonds is 8. The predicted molar refractivity (Wildman–Crippen MR) is 107 cm³/mol. The first-order valence-electron chi connectivity index (χ1n) is 8.95. The van der Waals surface area contributed by atoms with Gasteiger partial charge < -0.3 is 15.5 Å². The van der Waals surface area contributed by atoms with Gasteiger partial charge in [-0.1, -0.05) is 60.7 Å². The first-order valence-corrected chi connectivity index (χ1v) is 8.95. The predicted octanol–water partition coefficient (Wildman–Crippen LogP) is 2.10. The number of amides is 1. The number of benzene rings is 2. The second kappa shape index (κ2) is 10.9. The zero-order valence-electron chi connectivity index (χ0n) is 15.6. The van der Waals surface area contributed by atoms with Crippen LogP contribution in [0.4, 0.5) is 0 Å². The summed E-state index contributed by atoms with van der Waals surface area (Å²) in [5.41, 5.74) is 2.54. The molecule has 0 aliphatic carbocycles. The summed E-state index contributed by atoms with van der Waals surface area (Å²) in [6, 6.07) is 20.6. The highest BCUT2D eigenvalue weighted by atomic mass is 16.2. The molecule has 2 N–H and O–H groups in total. The third kappa shape index (κ3) is 7.38. The van der Waals surface area contributed by atoms with E-state index >= 15 is 0 Å². The summed E-state index contributed by atoms with van der Waals surface area (Å²) in [4.78, 5) is 17.8. The molecule has 0 atom stereocenters. The molecule has 0 aliphatic rings. The van der Waals surface area contributed by atoms with Crippen molar-refractivity contribution in [1.29, 1.82) is 0 Å². The zero-order valence-corrected chi connectivity index (χ0v) is 15.6. The van der Waals surface area contributed by atoms with Crippen LogP contribution in [0, 0.1) is 0 Å². The molecule has 0 aromatic heterocycles. The average Bonchev–Trinajstić information content (AvgIpc) is 2.67. The van der Waals surface area contributed by atoms with Crippen LogP contribution in [-0.4, -0.2) is 50.5 Å². The van der Waals surface area contributed by atoms with Crippen molar-refractivity contribution in [3.05, 3.63) is 71.8 Å². The van der Waals surface area contributed by atoms with E-state index in [4.69, 9.17) is 0 Å². The molecule has 2 aromatic rings. The Bertz CT molecular complexity index is 636. The van der Waals surface area contributed by atoms with Gasteiger partial charge in [0.05, 0.1) is 0 Å². The molecule has 2 aromatic carbocycles. The van der Waals surface area contributed by atoms with Crippen molar-refractivity contribution in [3.63, 3.8) is 0 Å². The average molecular weight is 352 g/mol. The lowest BCUT2D eigenvalue weighted by Gasteiger charge is -2.14. The lowest BCUT2D eigenvalue weighted by atomic mass is 10.1. The highest BCUT2D eigenvalue weighted by Gasteiger charge is 2.04. The highest BCUT2D eigenvalue weighted by Crippen LogP contribution is 1.99. The first kappa shape index (κ1) is 19.5. The van der Waals surface area contributed by atoms with Crippen LogP contribution in [0.25, 0.3) is 0 Å². The lowest BCUT2D eigenvalue weighted by Crippen LogP contribution is -2.40. The van der Waals surface area contributed by atoms with Gasteiger partial charge in [-0.25, -0.2) is 4.99 Å². The van der Waals surface area contributed by atoms with Gasteiger partial charge in [0, 0.05) is 27.2 Å². The molecule has 0 fully saturated rings. The zero-order chi connectivity index (χ0) is 18.6. The van der Waals surface area contributed by atoms with E-state index in [0.717, 1.165) is 25.9 Å². The van der Waals surface area contributed by atoms with Crippen LogP contribution < -0.4 is 10.6 Å². The van der Waals surface area contributed by atoms with Crippen LogP contribution in [0.2, 0.25) is 0 Å². The maximum Gasteiger partial charge on any atom is 0.243 e. The van der Waals surface area contributed by atoms with Crippen LogP contribution in [0.3, 0.4) is 0 Å². The lowest BCUT2D eigenvalue weighted by molar-refractivity contribution is -0.127. The number of likely N-dealkylation sites (N-methyl/N-ethyl adjacent to an activating group) is 1. The van der Waals surface area contributed by atoms with Gasteiger partial charge in [-0.3, -0.25) is 4.79 Å². The Morgan fingerprint density at radius 3 is 1.73 bits per heavy atom. The van der Waals surface area contributed by atoms with E-state index in [-0.39, 0.29) is 12.5 Å². The number of aliphatic imine (C=N–C) groups is 1. The minimum atomic E-state index is -0.0165. The largest absolute Gasteiger partial charge is 0.356 e. The van der Waals surface area contributed by atoms with Gasteiger partial charge in [-0.2, -0.15) is 0 Å².